The molecule has 1 aliphatic rings. The number of pyridine rings is 1. The fourth-order valence-electron chi connectivity index (χ4n) is 2.45. The van der Waals surface area contributed by atoms with Crippen molar-refractivity contribution in [3.63, 3.8) is 0 Å². The van der Waals surface area contributed by atoms with Gasteiger partial charge in [-0.3, -0.25) is 9.69 Å². The quantitative estimate of drug-likeness (QED) is 0.632. The number of nitrogens with zero attached hydrogens (tertiary/aromatic N) is 2. The molecule has 1 saturated heterocycles. The van der Waals surface area contributed by atoms with Crippen LogP contribution in [-0.4, -0.2) is 35.5 Å². The maximum Gasteiger partial charge on any atom is 0.310 e. The summed E-state index contributed by atoms with van der Waals surface area (Å²) in [5.74, 6) is -0.139. The molecule has 1 aromatic heterocycles. The van der Waals surface area contributed by atoms with Gasteiger partial charge in [0.25, 0.3) is 0 Å². The molecule has 0 amide bonds. The van der Waals surface area contributed by atoms with Gasteiger partial charge < -0.3 is 4.74 Å². The van der Waals surface area contributed by atoms with Crippen molar-refractivity contribution in [2.24, 2.45) is 5.92 Å². The molecule has 20 heavy (non-hydrogen) atoms. The summed E-state index contributed by atoms with van der Waals surface area (Å²) in [7, 11) is 0. The number of hydrogen-bond donors (Lipinski definition) is 0. The monoisotopic (exact) mass is 316 g/mol. The van der Waals surface area contributed by atoms with Crippen molar-refractivity contribution in [1.29, 1.82) is 0 Å². The van der Waals surface area contributed by atoms with Crippen LogP contribution in [0.1, 0.15) is 25.3 Å². The molecular weight excluding hydrogens is 299 g/mol. The van der Waals surface area contributed by atoms with Crippen molar-refractivity contribution in [2.75, 3.05) is 19.7 Å². The van der Waals surface area contributed by atoms with E-state index in [1.807, 2.05) is 13.0 Å². The summed E-state index contributed by atoms with van der Waals surface area (Å²) in [4.78, 5) is 18.0. The van der Waals surface area contributed by atoms with E-state index in [-0.39, 0.29) is 11.9 Å². The van der Waals surface area contributed by atoms with Crippen molar-refractivity contribution in [3.8, 4) is 0 Å². The van der Waals surface area contributed by atoms with Gasteiger partial charge in [0, 0.05) is 18.7 Å². The summed E-state index contributed by atoms with van der Waals surface area (Å²) in [5, 5.41) is 0.817. The number of carbonyl (C=O) groups excluding carboxylic acids is 1. The van der Waals surface area contributed by atoms with E-state index in [4.69, 9.17) is 27.9 Å². The standard InChI is InChI=1S/C14H18Cl2N2O2/c1-2-20-14(19)11-4-3-7-18(9-11)8-10-5-6-12(15)17-13(10)16/h5-6,11H,2-4,7-9H2,1H3/t11-/m0/s1. The molecule has 0 aromatic carbocycles. The van der Waals surface area contributed by atoms with E-state index in [1.54, 1.807) is 6.07 Å². The number of ether oxygens (including phenoxy) is 1. The number of aromatic nitrogens is 1. The third-order valence-corrected chi connectivity index (χ3v) is 3.95. The first-order chi connectivity index (χ1) is 9.60. The maximum atomic E-state index is 11.8. The predicted octanol–water partition coefficient (Wildman–Crippen LogP) is 3.16. The van der Waals surface area contributed by atoms with Crippen LogP contribution in [0.4, 0.5) is 0 Å². The molecule has 2 heterocycles. The molecule has 1 atom stereocenters. The first-order valence-electron chi connectivity index (χ1n) is 6.80. The molecule has 4 nitrogen and oxygen atoms in total. The first-order valence-corrected chi connectivity index (χ1v) is 7.55. The fourth-order valence-corrected chi connectivity index (χ4v) is 2.86. The highest BCUT2D eigenvalue weighted by molar-refractivity contribution is 6.32. The minimum absolute atomic E-state index is 0.0391. The Kier molecular flexibility index (Phi) is 5.64. The highest BCUT2D eigenvalue weighted by Crippen LogP contribution is 2.23. The molecule has 0 saturated carbocycles. The Bertz CT molecular complexity index is 482. The summed E-state index contributed by atoms with van der Waals surface area (Å²) < 4.78 is 5.10. The second-order valence-electron chi connectivity index (χ2n) is 4.91. The van der Waals surface area contributed by atoms with Crippen LogP contribution in [0.25, 0.3) is 0 Å². The van der Waals surface area contributed by atoms with Crippen molar-refractivity contribution >= 4 is 29.2 Å². The Morgan fingerprint density at radius 3 is 3.00 bits per heavy atom. The lowest BCUT2D eigenvalue weighted by Crippen LogP contribution is -2.39. The average molecular weight is 317 g/mol. The lowest BCUT2D eigenvalue weighted by atomic mass is 9.98. The minimum Gasteiger partial charge on any atom is -0.466 e. The fraction of sp³-hybridized carbons (Fsp3) is 0.571. The first kappa shape index (κ1) is 15.5. The Morgan fingerprint density at radius 2 is 2.30 bits per heavy atom. The third kappa shape index (κ3) is 4.08. The lowest BCUT2D eigenvalue weighted by Gasteiger charge is -2.31. The van der Waals surface area contributed by atoms with Gasteiger partial charge in [-0.1, -0.05) is 29.3 Å². The van der Waals surface area contributed by atoms with E-state index >= 15 is 0 Å². The normalized spacial score (nSPS) is 19.9. The van der Waals surface area contributed by atoms with Crippen LogP contribution >= 0.6 is 23.2 Å². The SMILES string of the molecule is CCOC(=O)[C@H]1CCCN(Cc2ccc(Cl)nc2Cl)C1. The van der Waals surface area contributed by atoms with Gasteiger partial charge in [0.15, 0.2) is 0 Å². The molecule has 0 unspecified atom stereocenters. The van der Waals surface area contributed by atoms with Gasteiger partial charge in [-0.15, -0.1) is 0 Å². The van der Waals surface area contributed by atoms with E-state index in [0.29, 0.717) is 30.0 Å². The van der Waals surface area contributed by atoms with E-state index in [1.165, 1.54) is 0 Å². The summed E-state index contributed by atoms with van der Waals surface area (Å²) in [5.41, 5.74) is 0.931. The summed E-state index contributed by atoms with van der Waals surface area (Å²) in [6, 6.07) is 3.61. The molecule has 1 aliphatic heterocycles. The second-order valence-corrected chi connectivity index (χ2v) is 5.66. The molecule has 2 rings (SSSR count). The molecule has 0 spiro atoms. The Hall–Kier alpha value is -0.840. The maximum absolute atomic E-state index is 11.8. The Labute approximate surface area is 129 Å². The number of halogens is 2. The smallest absolute Gasteiger partial charge is 0.310 e. The average Bonchev–Trinajstić information content (AvgIpc) is 2.43. The molecule has 1 fully saturated rings. The molecular formula is C14H18Cl2N2O2. The van der Waals surface area contributed by atoms with Crippen molar-refractivity contribution in [3.05, 3.63) is 28.0 Å². The van der Waals surface area contributed by atoms with E-state index < -0.39 is 0 Å². The molecule has 0 bridgehead atoms. The Morgan fingerprint density at radius 1 is 1.50 bits per heavy atom. The van der Waals surface area contributed by atoms with Crippen molar-refractivity contribution in [1.82, 2.24) is 9.88 Å². The number of rotatable bonds is 4. The van der Waals surface area contributed by atoms with Gasteiger partial charge in [0.05, 0.1) is 12.5 Å². The lowest BCUT2D eigenvalue weighted by molar-refractivity contribution is -0.150. The molecule has 1 aromatic rings. The van der Waals surface area contributed by atoms with Gasteiger partial charge in [0.2, 0.25) is 0 Å². The highest BCUT2D eigenvalue weighted by Gasteiger charge is 2.27. The van der Waals surface area contributed by atoms with Gasteiger partial charge in [-0.25, -0.2) is 4.98 Å². The van der Waals surface area contributed by atoms with Gasteiger partial charge >= 0.3 is 5.97 Å². The number of hydrogen-bond acceptors (Lipinski definition) is 4. The van der Waals surface area contributed by atoms with Crippen LogP contribution in [0.15, 0.2) is 12.1 Å². The van der Waals surface area contributed by atoms with Crippen molar-refractivity contribution < 1.29 is 9.53 Å². The minimum atomic E-state index is -0.0995. The van der Waals surface area contributed by atoms with E-state index in [0.717, 1.165) is 24.9 Å². The highest BCUT2D eigenvalue weighted by atomic mass is 35.5. The molecule has 6 heteroatoms. The number of likely N-dealkylation sites (tertiary alicyclic amines) is 1. The predicted molar refractivity (Wildman–Crippen MR) is 78.9 cm³/mol. The van der Waals surface area contributed by atoms with E-state index in [2.05, 4.69) is 9.88 Å². The zero-order valence-corrected chi connectivity index (χ0v) is 13.0. The van der Waals surface area contributed by atoms with Gasteiger partial charge in [-0.05, 0) is 32.4 Å². The molecule has 0 radical (unpaired) electrons. The van der Waals surface area contributed by atoms with Gasteiger partial charge in [0.1, 0.15) is 10.3 Å². The van der Waals surface area contributed by atoms with Gasteiger partial charge in [-0.2, -0.15) is 0 Å². The number of carbonyl (C=O) groups is 1. The van der Waals surface area contributed by atoms with Crippen LogP contribution in [0, 0.1) is 5.92 Å². The van der Waals surface area contributed by atoms with Crippen LogP contribution in [-0.2, 0) is 16.1 Å². The van der Waals surface area contributed by atoms with Crippen molar-refractivity contribution in [2.45, 2.75) is 26.3 Å². The van der Waals surface area contributed by atoms with Crippen LogP contribution in [0.2, 0.25) is 10.3 Å². The Balaban J connectivity index is 1.97. The second kappa shape index (κ2) is 7.25. The largest absolute Gasteiger partial charge is 0.466 e. The molecule has 110 valence electrons. The zero-order valence-electron chi connectivity index (χ0n) is 11.4. The summed E-state index contributed by atoms with van der Waals surface area (Å²) in [6.07, 6.45) is 1.88. The summed E-state index contributed by atoms with van der Waals surface area (Å²) >= 11 is 11.9. The summed E-state index contributed by atoms with van der Waals surface area (Å²) in [6.45, 7) is 4.60. The van der Waals surface area contributed by atoms with Crippen LogP contribution in [0.5, 0.6) is 0 Å². The number of piperidine rings is 1. The molecule has 0 N–H and O–H groups in total. The van der Waals surface area contributed by atoms with Crippen LogP contribution < -0.4 is 0 Å². The number of esters is 1. The third-order valence-electron chi connectivity index (χ3n) is 3.41. The molecule has 0 aliphatic carbocycles. The van der Waals surface area contributed by atoms with E-state index in [9.17, 15) is 4.79 Å². The van der Waals surface area contributed by atoms with Crippen LogP contribution in [0.3, 0.4) is 0 Å². The topological polar surface area (TPSA) is 42.4 Å². The zero-order chi connectivity index (χ0) is 14.5.